The van der Waals surface area contributed by atoms with Crippen LogP contribution in [-0.2, 0) is 16.6 Å². The van der Waals surface area contributed by atoms with Crippen LogP contribution in [0.5, 0.6) is 0 Å². The van der Waals surface area contributed by atoms with Crippen LogP contribution in [0.25, 0.3) is 0 Å². The Labute approximate surface area is 132 Å². The average Bonchev–Trinajstić information content (AvgIpc) is 3.01. The Kier molecular flexibility index (Phi) is 6.10. The molecule has 1 aliphatic rings. The fourth-order valence-electron chi connectivity index (χ4n) is 2.40. The zero-order valence-electron chi connectivity index (χ0n) is 12.7. The molecule has 6 heteroatoms. The number of rotatable bonds is 7. The predicted octanol–water partition coefficient (Wildman–Crippen LogP) is 2.31. The van der Waals surface area contributed by atoms with Crippen LogP contribution >= 0.6 is 11.8 Å². The topological polar surface area (TPSA) is 49.4 Å². The molecule has 1 N–H and O–H groups in total. The summed E-state index contributed by atoms with van der Waals surface area (Å²) in [6, 6.07) is 7.40. The number of sulfonamides is 1. The number of hydrogen-bond donors (Lipinski definition) is 1. The van der Waals surface area contributed by atoms with Gasteiger partial charge in [0.2, 0.25) is 10.0 Å². The molecule has 0 aromatic heterocycles. The highest BCUT2D eigenvalue weighted by atomic mass is 32.2. The van der Waals surface area contributed by atoms with Crippen molar-refractivity contribution in [3.63, 3.8) is 0 Å². The highest BCUT2D eigenvalue weighted by Gasteiger charge is 2.30. The van der Waals surface area contributed by atoms with Crippen LogP contribution in [-0.4, -0.2) is 43.9 Å². The van der Waals surface area contributed by atoms with Crippen molar-refractivity contribution in [3.05, 3.63) is 29.8 Å². The van der Waals surface area contributed by atoms with E-state index in [0.29, 0.717) is 11.4 Å². The van der Waals surface area contributed by atoms with Gasteiger partial charge in [0.15, 0.2) is 0 Å². The molecular formula is C15H24N2O2S2. The summed E-state index contributed by atoms with van der Waals surface area (Å²) in [5.74, 6) is 1.94. The lowest BCUT2D eigenvalue weighted by molar-refractivity contribution is 0.394. The lowest BCUT2D eigenvalue weighted by Crippen LogP contribution is -2.37. The van der Waals surface area contributed by atoms with E-state index in [0.717, 1.165) is 36.5 Å². The van der Waals surface area contributed by atoms with E-state index in [1.54, 1.807) is 23.5 Å². The Balaban J connectivity index is 2.13. The second-order valence-electron chi connectivity index (χ2n) is 5.36. The third kappa shape index (κ3) is 4.22. The largest absolute Gasteiger partial charge is 0.313 e. The molecule has 1 fully saturated rings. The Morgan fingerprint density at radius 1 is 1.43 bits per heavy atom. The number of thioether (sulfide) groups is 1. The molecule has 1 aromatic carbocycles. The SMILES string of the molecule is CCCNCc1cccc(S(=O)(=O)N(C)C2CCSC2)c1. The van der Waals surface area contributed by atoms with Crippen molar-refractivity contribution in [2.24, 2.45) is 0 Å². The second-order valence-corrected chi connectivity index (χ2v) is 8.51. The van der Waals surface area contributed by atoms with Crippen molar-refractivity contribution in [2.45, 2.75) is 37.2 Å². The molecule has 1 unspecified atom stereocenters. The maximum atomic E-state index is 12.7. The Morgan fingerprint density at radius 3 is 2.90 bits per heavy atom. The van der Waals surface area contributed by atoms with E-state index in [4.69, 9.17) is 0 Å². The summed E-state index contributed by atoms with van der Waals surface area (Å²) in [6.07, 6.45) is 2.01. The van der Waals surface area contributed by atoms with Gasteiger partial charge in [-0.15, -0.1) is 0 Å². The molecule has 4 nitrogen and oxygen atoms in total. The zero-order valence-corrected chi connectivity index (χ0v) is 14.3. The summed E-state index contributed by atoms with van der Waals surface area (Å²) in [6.45, 7) is 3.76. The number of hydrogen-bond acceptors (Lipinski definition) is 4. The maximum absolute atomic E-state index is 12.7. The number of nitrogens with zero attached hydrogens (tertiary/aromatic N) is 1. The minimum Gasteiger partial charge on any atom is -0.313 e. The summed E-state index contributed by atoms with van der Waals surface area (Å²) < 4.78 is 26.9. The van der Waals surface area contributed by atoms with Crippen LogP contribution < -0.4 is 5.32 Å². The van der Waals surface area contributed by atoms with Crippen LogP contribution in [0.2, 0.25) is 0 Å². The molecule has 0 saturated carbocycles. The molecule has 0 radical (unpaired) electrons. The van der Waals surface area contributed by atoms with Gasteiger partial charge in [0.25, 0.3) is 0 Å². The number of nitrogens with one attached hydrogen (secondary N) is 1. The van der Waals surface area contributed by atoms with Crippen molar-refractivity contribution in [2.75, 3.05) is 25.1 Å². The van der Waals surface area contributed by atoms with Crippen molar-refractivity contribution >= 4 is 21.8 Å². The lowest BCUT2D eigenvalue weighted by Gasteiger charge is -2.23. The molecule has 2 rings (SSSR count). The molecule has 1 atom stereocenters. The first-order valence-electron chi connectivity index (χ1n) is 7.41. The van der Waals surface area contributed by atoms with E-state index in [9.17, 15) is 8.42 Å². The summed E-state index contributed by atoms with van der Waals surface area (Å²) in [5.41, 5.74) is 1.01. The fourth-order valence-corrected chi connectivity index (χ4v) is 5.21. The van der Waals surface area contributed by atoms with E-state index in [-0.39, 0.29) is 6.04 Å². The van der Waals surface area contributed by atoms with Gasteiger partial charge in [-0.05, 0) is 42.8 Å². The smallest absolute Gasteiger partial charge is 0.243 e. The van der Waals surface area contributed by atoms with Gasteiger partial charge in [-0.2, -0.15) is 16.1 Å². The lowest BCUT2D eigenvalue weighted by atomic mass is 10.2. The third-order valence-electron chi connectivity index (χ3n) is 3.75. The first-order chi connectivity index (χ1) is 10.1. The van der Waals surface area contributed by atoms with Crippen LogP contribution in [0.3, 0.4) is 0 Å². The van der Waals surface area contributed by atoms with Gasteiger partial charge in [-0.1, -0.05) is 19.1 Å². The minimum absolute atomic E-state index is 0.127. The Morgan fingerprint density at radius 2 is 2.24 bits per heavy atom. The highest BCUT2D eigenvalue weighted by Crippen LogP contribution is 2.26. The second kappa shape index (κ2) is 7.63. The van der Waals surface area contributed by atoms with E-state index >= 15 is 0 Å². The van der Waals surface area contributed by atoms with Crippen molar-refractivity contribution in [3.8, 4) is 0 Å². The van der Waals surface area contributed by atoms with Crippen molar-refractivity contribution in [1.29, 1.82) is 0 Å². The van der Waals surface area contributed by atoms with Crippen molar-refractivity contribution < 1.29 is 8.42 Å². The maximum Gasteiger partial charge on any atom is 0.243 e. The van der Waals surface area contributed by atoms with E-state index in [1.807, 2.05) is 23.9 Å². The molecular weight excluding hydrogens is 304 g/mol. The average molecular weight is 329 g/mol. The molecule has 0 bridgehead atoms. The third-order valence-corrected chi connectivity index (χ3v) is 6.80. The van der Waals surface area contributed by atoms with Gasteiger partial charge >= 0.3 is 0 Å². The zero-order chi connectivity index (χ0) is 15.3. The Hall–Kier alpha value is -0.560. The molecule has 1 heterocycles. The molecule has 21 heavy (non-hydrogen) atoms. The van der Waals surface area contributed by atoms with Crippen LogP contribution in [0.1, 0.15) is 25.3 Å². The summed E-state index contributed by atoms with van der Waals surface area (Å²) in [4.78, 5) is 0.401. The summed E-state index contributed by atoms with van der Waals surface area (Å²) >= 11 is 1.82. The monoisotopic (exact) mass is 328 g/mol. The van der Waals surface area contributed by atoms with Gasteiger partial charge in [-0.25, -0.2) is 8.42 Å². The first kappa shape index (κ1) is 16.8. The molecule has 0 aliphatic carbocycles. The molecule has 0 amide bonds. The first-order valence-corrected chi connectivity index (χ1v) is 10.0. The quantitative estimate of drug-likeness (QED) is 0.781. The summed E-state index contributed by atoms with van der Waals surface area (Å²) in [7, 11) is -1.68. The van der Waals surface area contributed by atoms with E-state index < -0.39 is 10.0 Å². The van der Waals surface area contributed by atoms with Crippen molar-refractivity contribution in [1.82, 2.24) is 9.62 Å². The van der Waals surface area contributed by atoms with Gasteiger partial charge < -0.3 is 5.32 Å². The predicted molar refractivity (Wildman–Crippen MR) is 89.1 cm³/mol. The molecule has 1 aliphatic heterocycles. The number of benzene rings is 1. The Bertz CT molecular complexity index is 555. The fraction of sp³-hybridized carbons (Fsp3) is 0.600. The highest BCUT2D eigenvalue weighted by molar-refractivity contribution is 7.99. The molecule has 118 valence electrons. The van der Waals surface area contributed by atoms with E-state index in [2.05, 4.69) is 12.2 Å². The van der Waals surface area contributed by atoms with Crippen LogP contribution in [0, 0.1) is 0 Å². The summed E-state index contributed by atoms with van der Waals surface area (Å²) in [5, 5.41) is 3.30. The molecule has 1 saturated heterocycles. The van der Waals surface area contributed by atoms with Gasteiger partial charge in [0.05, 0.1) is 4.90 Å². The van der Waals surface area contributed by atoms with Gasteiger partial charge in [0.1, 0.15) is 0 Å². The van der Waals surface area contributed by atoms with E-state index in [1.165, 1.54) is 0 Å². The minimum atomic E-state index is -3.38. The van der Waals surface area contributed by atoms with Crippen LogP contribution in [0.4, 0.5) is 0 Å². The van der Waals surface area contributed by atoms with Gasteiger partial charge in [0, 0.05) is 25.4 Å². The normalized spacial score (nSPS) is 19.3. The molecule has 0 spiro atoms. The van der Waals surface area contributed by atoms with Crippen LogP contribution in [0.15, 0.2) is 29.2 Å². The van der Waals surface area contributed by atoms with Gasteiger partial charge in [-0.3, -0.25) is 0 Å². The standard InChI is InChI=1S/C15H24N2O2S2/c1-3-8-16-11-13-5-4-6-15(10-13)21(18,19)17(2)14-7-9-20-12-14/h4-6,10,14,16H,3,7-9,11-12H2,1-2H3. The molecule has 1 aromatic rings.